The highest BCUT2D eigenvalue weighted by Gasteiger charge is 2.13. The van der Waals surface area contributed by atoms with Gasteiger partial charge >= 0.3 is 5.97 Å². The number of fused-ring (bicyclic) bond motifs is 1. The van der Waals surface area contributed by atoms with Crippen LogP contribution in [0.2, 0.25) is 0 Å². The number of benzene rings is 2. The van der Waals surface area contributed by atoms with Gasteiger partial charge in [0, 0.05) is 36.9 Å². The molecule has 0 saturated carbocycles. The molecule has 67 heavy (non-hydrogen) atoms. The van der Waals surface area contributed by atoms with Gasteiger partial charge in [-0.05, 0) is 122 Å². The van der Waals surface area contributed by atoms with Crippen LogP contribution in [0.25, 0.3) is 5.57 Å². The summed E-state index contributed by atoms with van der Waals surface area (Å²) in [5, 5.41) is 15.2. The molecule has 2 aromatic carbocycles. The highest BCUT2D eigenvalue weighted by atomic mass is 16.4. The van der Waals surface area contributed by atoms with Gasteiger partial charge in [-0.3, -0.25) is 9.79 Å². The number of aliphatic carboxylic acids is 1. The molecular formula is C62H114N2O3. The number of hydrogen-bond donors (Lipinski definition) is 2. The van der Waals surface area contributed by atoms with Gasteiger partial charge < -0.3 is 15.3 Å². The Hall–Kier alpha value is -3.60. The first kappa shape index (κ1) is 74.9. The van der Waals surface area contributed by atoms with Crippen molar-refractivity contribution in [2.24, 2.45) is 52.3 Å². The van der Waals surface area contributed by atoms with Gasteiger partial charge in [-0.15, -0.1) is 0 Å². The largest absolute Gasteiger partial charge is 0.481 e. The Labute approximate surface area is 419 Å². The van der Waals surface area contributed by atoms with Crippen molar-refractivity contribution in [2.45, 2.75) is 230 Å². The molecule has 5 nitrogen and oxygen atoms in total. The molecule has 1 heterocycles. The predicted molar refractivity (Wildman–Crippen MR) is 306 cm³/mol. The quantitative estimate of drug-likeness (QED) is 0.174. The lowest BCUT2D eigenvalue weighted by Crippen LogP contribution is -1.99. The maximum Gasteiger partial charge on any atom is 0.303 e. The Bertz CT molecular complexity index is 1480. The Morgan fingerprint density at radius 2 is 1.04 bits per heavy atom. The SMILES string of the molecule is C.CC.CC(=N)CCC(C)C.CC(=O)CC(C)C.CC(C)CC(=O)O.CC(C)CC1=CCC=N1.CC(C)CC1=CCc2ccccc21.CC(C)Cc1ccccc1.CCC(C)C.CCC(C)C. The predicted octanol–water partition coefficient (Wildman–Crippen LogP) is 19.9. The van der Waals surface area contributed by atoms with Gasteiger partial charge in [0.05, 0.1) is 0 Å². The van der Waals surface area contributed by atoms with E-state index < -0.39 is 5.97 Å². The minimum absolute atomic E-state index is 0. The summed E-state index contributed by atoms with van der Waals surface area (Å²) in [6.07, 6.45) is 18.0. The second-order valence-electron chi connectivity index (χ2n) is 20.7. The summed E-state index contributed by atoms with van der Waals surface area (Å²) in [4.78, 5) is 24.3. The van der Waals surface area contributed by atoms with E-state index in [2.05, 4.69) is 169 Å². The number of carboxylic acid groups (broad SMARTS) is 1. The second kappa shape index (κ2) is 50.3. The fraction of sp³-hybridized carbons (Fsp3) is 0.677. The molecule has 1 aliphatic heterocycles. The van der Waals surface area contributed by atoms with Crippen LogP contribution in [0.5, 0.6) is 0 Å². The van der Waals surface area contributed by atoms with E-state index in [1.807, 2.05) is 54.7 Å². The van der Waals surface area contributed by atoms with Crippen LogP contribution in [0.4, 0.5) is 0 Å². The van der Waals surface area contributed by atoms with Gasteiger partial charge in [0.25, 0.3) is 0 Å². The first-order chi connectivity index (χ1) is 30.8. The summed E-state index contributed by atoms with van der Waals surface area (Å²) in [7, 11) is 0. The molecule has 0 unspecified atom stereocenters. The zero-order chi connectivity index (χ0) is 52.2. The number of carbonyl (C=O) groups is 2. The average Bonchev–Trinajstić information content (AvgIpc) is 3.88. The average molecular weight is 936 g/mol. The second-order valence-corrected chi connectivity index (χ2v) is 20.7. The third-order valence-corrected chi connectivity index (χ3v) is 9.39. The monoisotopic (exact) mass is 935 g/mol. The van der Waals surface area contributed by atoms with Gasteiger partial charge in [-0.1, -0.05) is 225 Å². The Balaban J connectivity index is -0.000000161. The molecular weight excluding hydrogens is 821 g/mol. The highest BCUT2D eigenvalue weighted by Crippen LogP contribution is 2.31. The number of nitrogens with zero attached hydrogens (tertiary/aromatic N) is 1. The van der Waals surface area contributed by atoms with Crippen LogP contribution in [0.3, 0.4) is 0 Å². The fourth-order valence-corrected chi connectivity index (χ4v) is 5.47. The van der Waals surface area contributed by atoms with Crippen LogP contribution in [0.1, 0.15) is 234 Å². The van der Waals surface area contributed by atoms with Crippen LogP contribution in [-0.2, 0) is 22.4 Å². The van der Waals surface area contributed by atoms with Crippen molar-refractivity contribution in [1.29, 1.82) is 5.41 Å². The zero-order valence-corrected chi connectivity index (χ0v) is 47.5. The molecule has 0 atom stereocenters. The van der Waals surface area contributed by atoms with Crippen molar-refractivity contribution >= 4 is 29.3 Å². The topological polar surface area (TPSA) is 90.6 Å². The summed E-state index contributed by atoms with van der Waals surface area (Å²) >= 11 is 0. The number of nitrogens with one attached hydrogen (secondary N) is 1. The van der Waals surface area contributed by atoms with Crippen molar-refractivity contribution in [3.8, 4) is 0 Å². The van der Waals surface area contributed by atoms with E-state index in [0.29, 0.717) is 5.92 Å². The minimum atomic E-state index is -0.713. The molecule has 4 rings (SSSR count). The van der Waals surface area contributed by atoms with Crippen molar-refractivity contribution in [2.75, 3.05) is 0 Å². The molecule has 0 radical (unpaired) electrons. The molecule has 0 spiro atoms. The van der Waals surface area contributed by atoms with Crippen LogP contribution >= 0.6 is 0 Å². The van der Waals surface area contributed by atoms with Crippen molar-refractivity contribution < 1.29 is 14.7 Å². The van der Waals surface area contributed by atoms with Gasteiger partial charge in [0.2, 0.25) is 0 Å². The smallest absolute Gasteiger partial charge is 0.303 e. The number of carbonyl (C=O) groups excluding carboxylic acids is 1. The highest BCUT2D eigenvalue weighted by molar-refractivity contribution is 5.78. The van der Waals surface area contributed by atoms with E-state index in [1.165, 1.54) is 48.1 Å². The molecule has 5 heteroatoms. The number of aliphatic imine (C=N–C) groups is 1. The third kappa shape index (κ3) is 62.4. The standard InChI is InChI=1S/C13H16.C10H14.C8H13N.C7H15N.C6H12O.C5H10O2.2C5H12.C2H6.CH4/c1-10(2)9-12-8-7-11-5-3-4-6-13(11)12;1-9(2)8-10-6-4-3-5-7-10;1-7(2)6-8-4-3-5-9-8;1-6(2)4-5-7(3)8;1-5(2)4-6(3)7;1-4(2)3-5(6)7;2*1-4-5(2)3;1-2;/h3-6,8,10H,7,9H2,1-2H3;3-7,9H,8H2,1-2H3;4-5,7H,3,6H2,1-2H3;6,8H,4-5H2,1-3H3;5H,4H2,1-3H3;4H,3H2,1-2H3,(H,6,7);2*5H,4H2,1-3H3;1-2H3;1H4. The van der Waals surface area contributed by atoms with E-state index in [-0.39, 0.29) is 25.5 Å². The first-order valence-corrected chi connectivity index (χ1v) is 26.0. The van der Waals surface area contributed by atoms with Gasteiger partial charge in [0.15, 0.2) is 0 Å². The molecule has 1 aliphatic carbocycles. The lowest BCUT2D eigenvalue weighted by Gasteiger charge is -2.07. The lowest BCUT2D eigenvalue weighted by atomic mass is 9.98. The molecule has 0 fully saturated rings. The number of ketones is 1. The normalized spacial score (nSPS) is 11.4. The third-order valence-electron chi connectivity index (χ3n) is 9.39. The number of allylic oxidation sites excluding steroid dienone is 4. The van der Waals surface area contributed by atoms with Crippen LogP contribution in [0.15, 0.2) is 77.4 Å². The van der Waals surface area contributed by atoms with Crippen molar-refractivity contribution in [3.05, 3.63) is 89.1 Å². The van der Waals surface area contributed by atoms with Gasteiger partial charge in [0.1, 0.15) is 5.78 Å². The molecule has 0 amide bonds. The molecule has 0 aromatic heterocycles. The maximum absolute atomic E-state index is 10.3. The van der Waals surface area contributed by atoms with Gasteiger partial charge in [-0.2, -0.15) is 0 Å². The molecule has 0 bridgehead atoms. The summed E-state index contributed by atoms with van der Waals surface area (Å²) in [6.45, 7) is 46.5. The summed E-state index contributed by atoms with van der Waals surface area (Å²) < 4.78 is 0. The molecule has 2 N–H and O–H groups in total. The molecule has 2 aromatic rings. The zero-order valence-electron chi connectivity index (χ0n) is 47.5. The Morgan fingerprint density at radius 1 is 0.597 bits per heavy atom. The Kier molecular flexibility index (Phi) is 56.2. The van der Waals surface area contributed by atoms with Gasteiger partial charge in [-0.25, -0.2) is 0 Å². The molecule has 2 aliphatic rings. The number of rotatable bonds is 15. The van der Waals surface area contributed by atoms with Crippen LogP contribution in [0, 0.1) is 52.8 Å². The van der Waals surface area contributed by atoms with E-state index >= 15 is 0 Å². The van der Waals surface area contributed by atoms with Crippen LogP contribution in [-0.4, -0.2) is 28.8 Å². The van der Waals surface area contributed by atoms with E-state index in [0.717, 1.165) is 79.7 Å². The lowest BCUT2D eigenvalue weighted by molar-refractivity contribution is -0.137. The summed E-state index contributed by atoms with van der Waals surface area (Å²) in [6, 6.07) is 19.4. The molecule has 0 saturated heterocycles. The number of hydrogen-bond acceptors (Lipinski definition) is 4. The van der Waals surface area contributed by atoms with Crippen molar-refractivity contribution in [1.82, 2.24) is 0 Å². The Morgan fingerprint density at radius 3 is 1.34 bits per heavy atom. The summed E-state index contributed by atoms with van der Waals surface area (Å²) in [5.74, 6) is 5.16. The molecule has 390 valence electrons. The van der Waals surface area contributed by atoms with E-state index in [9.17, 15) is 9.59 Å². The van der Waals surface area contributed by atoms with E-state index in [4.69, 9.17) is 10.5 Å². The number of carboxylic acids is 1. The van der Waals surface area contributed by atoms with Crippen LogP contribution < -0.4 is 0 Å². The maximum atomic E-state index is 10.3. The summed E-state index contributed by atoms with van der Waals surface area (Å²) in [5.41, 5.74) is 8.04. The first-order valence-electron chi connectivity index (χ1n) is 26.0. The fourth-order valence-electron chi connectivity index (χ4n) is 5.47. The van der Waals surface area contributed by atoms with E-state index in [1.54, 1.807) is 12.5 Å². The van der Waals surface area contributed by atoms with Crippen molar-refractivity contribution in [3.63, 3.8) is 0 Å². The number of Topliss-reactive ketones (excluding diaryl/α,β-unsaturated/α-hetero) is 1. The minimum Gasteiger partial charge on any atom is -0.481 e.